The number of ether oxygens (including phenoxy) is 1. The first-order valence-electron chi connectivity index (χ1n) is 5.06. The van der Waals surface area contributed by atoms with Crippen molar-refractivity contribution in [3.05, 3.63) is 51.5 Å². The predicted octanol–water partition coefficient (Wildman–Crippen LogP) is 3.89. The van der Waals surface area contributed by atoms with Gasteiger partial charge in [0.1, 0.15) is 17.3 Å². The highest BCUT2D eigenvalue weighted by Crippen LogP contribution is 2.33. The summed E-state index contributed by atoms with van der Waals surface area (Å²) in [5.74, 6) is 0.269. The van der Waals surface area contributed by atoms with Gasteiger partial charge >= 0.3 is 0 Å². The molecule has 0 saturated heterocycles. The van der Waals surface area contributed by atoms with Crippen LogP contribution in [0.25, 0.3) is 0 Å². The van der Waals surface area contributed by atoms with Crippen molar-refractivity contribution in [2.24, 2.45) is 5.73 Å². The molecule has 0 radical (unpaired) electrons. The summed E-state index contributed by atoms with van der Waals surface area (Å²) in [5, 5.41) is 0.0306. The zero-order valence-electron chi connectivity index (χ0n) is 9.16. The Hall–Kier alpha value is -1.17. The molecule has 3 nitrogen and oxygen atoms in total. The van der Waals surface area contributed by atoms with E-state index in [0.29, 0.717) is 22.5 Å². The van der Waals surface area contributed by atoms with Gasteiger partial charge < -0.3 is 10.5 Å². The normalized spacial score (nSPS) is 10.4. The molecule has 0 fully saturated rings. The van der Waals surface area contributed by atoms with Crippen molar-refractivity contribution in [2.75, 3.05) is 0 Å². The van der Waals surface area contributed by atoms with Gasteiger partial charge in [-0.3, -0.25) is 4.98 Å². The third kappa shape index (κ3) is 2.98. The lowest BCUT2D eigenvalue weighted by molar-refractivity contribution is 0.470. The molecule has 1 aromatic carbocycles. The second-order valence-electron chi connectivity index (χ2n) is 3.53. The molecule has 0 amide bonds. The van der Waals surface area contributed by atoms with Gasteiger partial charge in [0.25, 0.3) is 0 Å². The lowest BCUT2D eigenvalue weighted by Gasteiger charge is -2.09. The van der Waals surface area contributed by atoms with Crippen molar-refractivity contribution in [3.8, 4) is 11.5 Å². The summed E-state index contributed by atoms with van der Waals surface area (Å²) in [6, 6.07) is 4.39. The zero-order valence-corrected chi connectivity index (χ0v) is 11.5. The molecular weight excluding hydrogens is 322 g/mol. The van der Waals surface area contributed by atoms with Gasteiger partial charge in [-0.2, -0.15) is 0 Å². The highest BCUT2D eigenvalue weighted by molar-refractivity contribution is 9.10. The summed E-state index contributed by atoms with van der Waals surface area (Å²) in [6.07, 6.45) is 3.17. The van der Waals surface area contributed by atoms with Gasteiger partial charge in [0.05, 0.1) is 15.7 Å². The Morgan fingerprint density at radius 2 is 2.11 bits per heavy atom. The topological polar surface area (TPSA) is 48.1 Å². The van der Waals surface area contributed by atoms with E-state index < -0.39 is 5.82 Å². The fraction of sp³-hybridized carbons (Fsp3) is 0.0833. The van der Waals surface area contributed by atoms with Gasteiger partial charge in [-0.15, -0.1) is 0 Å². The first-order valence-corrected chi connectivity index (χ1v) is 6.23. The lowest BCUT2D eigenvalue weighted by Crippen LogP contribution is -1.97. The van der Waals surface area contributed by atoms with Gasteiger partial charge in [-0.25, -0.2) is 4.39 Å². The zero-order chi connectivity index (χ0) is 13.1. The van der Waals surface area contributed by atoms with Crippen LogP contribution in [-0.4, -0.2) is 4.98 Å². The summed E-state index contributed by atoms with van der Waals surface area (Å²) in [5.41, 5.74) is 6.34. The molecule has 0 atom stereocenters. The second kappa shape index (κ2) is 5.65. The Morgan fingerprint density at radius 1 is 1.33 bits per heavy atom. The molecule has 0 aliphatic rings. The van der Waals surface area contributed by atoms with E-state index in [2.05, 4.69) is 20.9 Å². The number of nitrogens with zero attached hydrogens (tertiary/aromatic N) is 1. The molecule has 2 N–H and O–H groups in total. The number of halogens is 3. The quantitative estimate of drug-likeness (QED) is 0.868. The van der Waals surface area contributed by atoms with E-state index in [1.54, 1.807) is 12.3 Å². The van der Waals surface area contributed by atoms with Gasteiger partial charge in [0.2, 0.25) is 0 Å². The summed E-state index contributed by atoms with van der Waals surface area (Å²) in [6.45, 7) is 0.361. The molecule has 0 saturated carbocycles. The number of benzene rings is 1. The van der Waals surface area contributed by atoms with E-state index >= 15 is 0 Å². The van der Waals surface area contributed by atoms with Crippen LogP contribution in [0, 0.1) is 5.82 Å². The fourth-order valence-corrected chi connectivity index (χ4v) is 2.06. The van der Waals surface area contributed by atoms with Crippen LogP contribution < -0.4 is 10.5 Å². The third-order valence-electron chi connectivity index (χ3n) is 2.21. The predicted molar refractivity (Wildman–Crippen MR) is 71.3 cm³/mol. The molecule has 1 heterocycles. The SMILES string of the molecule is NCc1cncc(Oc2cc(F)c(Cl)cc2Br)c1. The van der Waals surface area contributed by atoms with E-state index in [0.717, 1.165) is 5.56 Å². The Bertz CT molecular complexity index is 580. The molecule has 18 heavy (non-hydrogen) atoms. The van der Waals surface area contributed by atoms with Crippen molar-refractivity contribution in [2.45, 2.75) is 6.54 Å². The molecule has 0 aliphatic carbocycles. The lowest BCUT2D eigenvalue weighted by atomic mass is 10.3. The smallest absolute Gasteiger partial charge is 0.146 e. The van der Waals surface area contributed by atoms with Crippen LogP contribution in [-0.2, 0) is 6.54 Å². The highest BCUT2D eigenvalue weighted by atomic mass is 79.9. The molecule has 2 rings (SSSR count). The third-order valence-corrected chi connectivity index (χ3v) is 3.12. The summed E-state index contributed by atoms with van der Waals surface area (Å²) < 4.78 is 19.4. The summed E-state index contributed by atoms with van der Waals surface area (Å²) in [7, 11) is 0. The van der Waals surface area contributed by atoms with Gasteiger partial charge in [-0.1, -0.05) is 11.6 Å². The molecule has 0 spiro atoms. The summed E-state index contributed by atoms with van der Waals surface area (Å²) >= 11 is 8.90. The average molecular weight is 332 g/mol. The number of hydrogen-bond donors (Lipinski definition) is 1. The largest absolute Gasteiger partial charge is 0.454 e. The van der Waals surface area contributed by atoms with E-state index in [9.17, 15) is 4.39 Å². The Morgan fingerprint density at radius 3 is 2.83 bits per heavy atom. The molecule has 6 heteroatoms. The van der Waals surface area contributed by atoms with Crippen molar-refractivity contribution in [1.82, 2.24) is 4.98 Å². The molecule has 94 valence electrons. The maximum atomic E-state index is 13.3. The van der Waals surface area contributed by atoms with Crippen LogP contribution in [0.4, 0.5) is 4.39 Å². The van der Waals surface area contributed by atoms with Crippen LogP contribution in [0.2, 0.25) is 5.02 Å². The molecule has 1 aromatic heterocycles. The number of pyridine rings is 1. The fourth-order valence-electron chi connectivity index (χ4n) is 1.34. The highest BCUT2D eigenvalue weighted by Gasteiger charge is 2.09. The Balaban J connectivity index is 2.30. The number of nitrogens with two attached hydrogens (primary N) is 1. The van der Waals surface area contributed by atoms with Crippen LogP contribution in [0.1, 0.15) is 5.56 Å². The van der Waals surface area contributed by atoms with Crippen molar-refractivity contribution in [3.63, 3.8) is 0 Å². The van der Waals surface area contributed by atoms with Crippen LogP contribution in [0.5, 0.6) is 11.5 Å². The van der Waals surface area contributed by atoms with Gasteiger partial charge in [-0.05, 0) is 33.6 Å². The monoisotopic (exact) mass is 330 g/mol. The minimum absolute atomic E-state index is 0.0306. The van der Waals surface area contributed by atoms with Crippen molar-refractivity contribution >= 4 is 27.5 Å². The van der Waals surface area contributed by atoms with E-state index in [1.165, 1.54) is 18.3 Å². The van der Waals surface area contributed by atoms with Crippen LogP contribution in [0.15, 0.2) is 35.1 Å². The van der Waals surface area contributed by atoms with Crippen LogP contribution >= 0.6 is 27.5 Å². The second-order valence-corrected chi connectivity index (χ2v) is 4.79. The number of aromatic nitrogens is 1. The van der Waals surface area contributed by atoms with Gasteiger partial charge in [0, 0.05) is 18.8 Å². The Kier molecular flexibility index (Phi) is 4.16. The van der Waals surface area contributed by atoms with E-state index in [1.807, 2.05) is 0 Å². The Labute approximate surface area is 117 Å². The first kappa shape index (κ1) is 13.3. The minimum Gasteiger partial charge on any atom is -0.454 e. The van der Waals surface area contributed by atoms with Crippen molar-refractivity contribution in [1.29, 1.82) is 0 Å². The summed E-state index contributed by atoms with van der Waals surface area (Å²) in [4.78, 5) is 3.98. The molecular formula is C12H9BrClFN2O. The van der Waals surface area contributed by atoms with E-state index in [-0.39, 0.29) is 5.02 Å². The maximum absolute atomic E-state index is 13.3. The minimum atomic E-state index is -0.544. The number of rotatable bonds is 3. The van der Waals surface area contributed by atoms with E-state index in [4.69, 9.17) is 22.1 Å². The molecule has 2 aromatic rings. The standard InChI is InChI=1S/C12H9BrClFN2O/c13-9-2-10(14)11(15)3-12(9)18-8-1-7(4-16)5-17-6-8/h1-3,5-6H,4,16H2. The molecule has 0 unspecified atom stereocenters. The number of hydrogen-bond acceptors (Lipinski definition) is 3. The van der Waals surface area contributed by atoms with Crippen LogP contribution in [0.3, 0.4) is 0 Å². The van der Waals surface area contributed by atoms with Crippen molar-refractivity contribution < 1.29 is 9.13 Å². The average Bonchev–Trinajstić information content (AvgIpc) is 2.36. The van der Waals surface area contributed by atoms with Gasteiger partial charge in [0.15, 0.2) is 0 Å². The molecule has 0 aliphatic heterocycles. The maximum Gasteiger partial charge on any atom is 0.146 e. The first-order chi connectivity index (χ1) is 8.60. The molecule has 0 bridgehead atoms.